The molecule has 238 valence electrons. The Bertz CT molecular complexity index is 960. The smallest absolute Gasteiger partial charge is 0.403 e. The standard InChI is InChI=1S/C34H54ClO6P/c1-2-3-4-5-6-7-8-9-10-11-12-13-14-15-16-22-27-38-29-32(39-28-31-23-18-17-19-24-31)30-40-42(36,37)41-34-26-21-20-25-33(34)35/h17-21,23-26,32H,2-16,22,27-30H2,1H3,(H,36,37)/t32-/m1/s1. The zero-order valence-electron chi connectivity index (χ0n) is 25.7. The van der Waals surface area contributed by atoms with Crippen LogP contribution in [0.3, 0.4) is 0 Å². The number of benzene rings is 2. The highest BCUT2D eigenvalue weighted by molar-refractivity contribution is 7.47. The average molecular weight is 625 g/mol. The van der Waals surface area contributed by atoms with Crippen LogP contribution in [0.4, 0.5) is 0 Å². The minimum Gasteiger partial charge on any atom is -0.403 e. The van der Waals surface area contributed by atoms with Crippen molar-refractivity contribution in [2.24, 2.45) is 0 Å². The van der Waals surface area contributed by atoms with Crippen LogP contribution in [0.2, 0.25) is 5.02 Å². The van der Waals surface area contributed by atoms with E-state index in [1.807, 2.05) is 30.3 Å². The molecule has 0 heterocycles. The van der Waals surface area contributed by atoms with E-state index in [9.17, 15) is 9.46 Å². The van der Waals surface area contributed by atoms with Crippen molar-refractivity contribution in [1.29, 1.82) is 0 Å². The number of phosphoric ester groups is 1. The first-order valence-electron chi connectivity index (χ1n) is 16.1. The maximum Gasteiger partial charge on any atom is 0.527 e. The quantitative estimate of drug-likeness (QED) is 0.0787. The molecule has 0 radical (unpaired) electrons. The highest BCUT2D eigenvalue weighted by Crippen LogP contribution is 2.45. The molecule has 0 aliphatic heterocycles. The van der Waals surface area contributed by atoms with Crippen LogP contribution in [0.1, 0.15) is 115 Å². The minimum absolute atomic E-state index is 0.0894. The fraction of sp³-hybridized carbons (Fsp3) is 0.647. The predicted octanol–water partition coefficient (Wildman–Crippen LogP) is 10.7. The molecule has 0 amide bonds. The number of hydrogen-bond acceptors (Lipinski definition) is 5. The third-order valence-electron chi connectivity index (χ3n) is 7.25. The Labute approximate surface area is 260 Å². The van der Waals surface area contributed by atoms with Gasteiger partial charge in [-0.3, -0.25) is 9.42 Å². The summed E-state index contributed by atoms with van der Waals surface area (Å²) in [5, 5.41) is 0.231. The van der Waals surface area contributed by atoms with Crippen molar-refractivity contribution in [3.05, 3.63) is 65.2 Å². The van der Waals surface area contributed by atoms with Gasteiger partial charge in [-0.2, -0.15) is 0 Å². The van der Waals surface area contributed by atoms with Crippen LogP contribution in [-0.2, 0) is 25.2 Å². The average Bonchev–Trinajstić information content (AvgIpc) is 2.99. The van der Waals surface area contributed by atoms with Gasteiger partial charge < -0.3 is 14.0 Å². The fourth-order valence-corrected chi connectivity index (χ4v) is 5.79. The van der Waals surface area contributed by atoms with Gasteiger partial charge in [0, 0.05) is 6.61 Å². The maximum absolute atomic E-state index is 12.5. The highest BCUT2D eigenvalue weighted by atomic mass is 35.5. The van der Waals surface area contributed by atoms with Gasteiger partial charge in [0.1, 0.15) is 11.9 Å². The number of para-hydroxylation sites is 1. The molecule has 1 unspecified atom stereocenters. The van der Waals surface area contributed by atoms with Crippen molar-refractivity contribution >= 4 is 19.4 Å². The molecule has 0 fully saturated rings. The summed E-state index contributed by atoms with van der Waals surface area (Å²) < 4.78 is 34.7. The summed E-state index contributed by atoms with van der Waals surface area (Å²) in [7, 11) is -4.39. The zero-order valence-corrected chi connectivity index (χ0v) is 27.4. The van der Waals surface area contributed by atoms with Crippen LogP contribution >= 0.6 is 19.4 Å². The molecule has 0 aliphatic rings. The predicted molar refractivity (Wildman–Crippen MR) is 173 cm³/mol. The van der Waals surface area contributed by atoms with Gasteiger partial charge in [-0.1, -0.05) is 157 Å². The summed E-state index contributed by atoms with van der Waals surface area (Å²) in [6, 6.07) is 16.2. The SMILES string of the molecule is CCCCCCCCCCCCCCCCCCOC[C@H](COP(=O)(O)Oc1ccccc1Cl)OCc1ccccc1. The number of ether oxygens (including phenoxy) is 2. The molecule has 2 atom stereocenters. The molecule has 0 spiro atoms. The van der Waals surface area contributed by atoms with Gasteiger partial charge >= 0.3 is 7.82 Å². The van der Waals surface area contributed by atoms with Crippen LogP contribution in [-0.4, -0.2) is 30.8 Å². The molecule has 2 aromatic carbocycles. The van der Waals surface area contributed by atoms with Crippen molar-refractivity contribution in [3.8, 4) is 5.75 Å². The van der Waals surface area contributed by atoms with E-state index >= 15 is 0 Å². The fourth-order valence-electron chi connectivity index (χ4n) is 4.75. The molecule has 0 aromatic heterocycles. The van der Waals surface area contributed by atoms with E-state index < -0.39 is 13.9 Å². The molecule has 1 N–H and O–H groups in total. The third kappa shape index (κ3) is 19.0. The summed E-state index contributed by atoms with van der Waals surface area (Å²) in [5.74, 6) is 0.0894. The Balaban J connectivity index is 1.55. The Kier molecular flexibility index (Phi) is 21.0. The van der Waals surface area contributed by atoms with Gasteiger partial charge in [-0.05, 0) is 24.1 Å². The van der Waals surface area contributed by atoms with Crippen molar-refractivity contribution in [3.63, 3.8) is 0 Å². The van der Waals surface area contributed by atoms with Crippen LogP contribution < -0.4 is 4.52 Å². The monoisotopic (exact) mass is 624 g/mol. The Morgan fingerprint density at radius 2 is 1.24 bits per heavy atom. The highest BCUT2D eigenvalue weighted by Gasteiger charge is 2.26. The first-order chi connectivity index (χ1) is 20.5. The van der Waals surface area contributed by atoms with E-state index in [2.05, 4.69) is 6.92 Å². The maximum atomic E-state index is 12.5. The summed E-state index contributed by atoms with van der Waals surface area (Å²) in [6.45, 7) is 3.35. The van der Waals surface area contributed by atoms with Gasteiger partial charge in [0.2, 0.25) is 0 Å². The van der Waals surface area contributed by atoms with E-state index in [0.717, 1.165) is 18.4 Å². The topological polar surface area (TPSA) is 74.2 Å². The molecule has 0 aliphatic carbocycles. The molecule has 8 heteroatoms. The lowest BCUT2D eigenvalue weighted by Crippen LogP contribution is -2.26. The lowest BCUT2D eigenvalue weighted by Gasteiger charge is -2.20. The summed E-state index contributed by atoms with van der Waals surface area (Å²) >= 11 is 6.04. The van der Waals surface area contributed by atoms with Crippen molar-refractivity contribution in [2.75, 3.05) is 19.8 Å². The molecule has 2 rings (SSSR count). The Morgan fingerprint density at radius 3 is 1.81 bits per heavy atom. The first kappa shape index (κ1) is 36.8. The number of hydrogen-bond donors (Lipinski definition) is 1. The van der Waals surface area contributed by atoms with Crippen molar-refractivity contribution < 1.29 is 28.0 Å². The summed E-state index contributed by atoms with van der Waals surface area (Å²) in [5.41, 5.74) is 1.000. The van der Waals surface area contributed by atoms with Gasteiger partial charge in [-0.15, -0.1) is 0 Å². The van der Waals surface area contributed by atoms with Crippen LogP contribution in [0.5, 0.6) is 5.75 Å². The van der Waals surface area contributed by atoms with Gasteiger partial charge in [0.15, 0.2) is 0 Å². The largest absolute Gasteiger partial charge is 0.527 e. The Morgan fingerprint density at radius 1 is 0.714 bits per heavy atom. The second kappa shape index (κ2) is 24.0. The molecule has 0 bridgehead atoms. The number of halogens is 1. The van der Waals surface area contributed by atoms with E-state index in [1.165, 1.54) is 96.0 Å². The van der Waals surface area contributed by atoms with Crippen LogP contribution in [0.15, 0.2) is 54.6 Å². The van der Waals surface area contributed by atoms with E-state index in [4.69, 9.17) is 30.1 Å². The zero-order chi connectivity index (χ0) is 30.1. The number of rotatable bonds is 27. The number of unbranched alkanes of at least 4 members (excludes halogenated alkanes) is 15. The normalized spacial score (nSPS) is 13.6. The Hall–Kier alpha value is -1.40. The van der Waals surface area contributed by atoms with E-state index in [1.54, 1.807) is 18.2 Å². The van der Waals surface area contributed by atoms with E-state index in [-0.39, 0.29) is 24.0 Å². The molecule has 0 saturated carbocycles. The van der Waals surface area contributed by atoms with Crippen LogP contribution in [0.25, 0.3) is 0 Å². The minimum atomic E-state index is -4.39. The molecular weight excluding hydrogens is 571 g/mol. The lowest BCUT2D eigenvalue weighted by molar-refractivity contribution is -0.0489. The molecule has 6 nitrogen and oxygen atoms in total. The summed E-state index contributed by atoms with van der Waals surface area (Å²) in [4.78, 5) is 10.2. The second-order valence-corrected chi connectivity index (χ2v) is 12.9. The summed E-state index contributed by atoms with van der Waals surface area (Å²) in [6.07, 6.45) is 20.7. The molecule has 42 heavy (non-hydrogen) atoms. The van der Waals surface area contributed by atoms with E-state index in [0.29, 0.717) is 13.2 Å². The van der Waals surface area contributed by atoms with Gasteiger partial charge in [0.25, 0.3) is 0 Å². The lowest BCUT2D eigenvalue weighted by atomic mass is 10.0. The first-order valence-corrected chi connectivity index (χ1v) is 18.0. The van der Waals surface area contributed by atoms with Gasteiger partial charge in [0.05, 0.1) is 24.8 Å². The van der Waals surface area contributed by atoms with Crippen molar-refractivity contribution in [1.82, 2.24) is 0 Å². The second-order valence-electron chi connectivity index (χ2n) is 11.1. The van der Waals surface area contributed by atoms with Crippen molar-refractivity contribution in [2.45, 2.75) is 122 Å². The third-order valence-corrected chi connectivity index (χ3v) is 8.46. The molecular formula is C34H54ClO6P. The number of phosphoric acid groups is 1. The van der Waals surface area contributed by atoms with Gasteiger partial charge in [-0.25, -0.2) is 4.57 Å². The molecule has 0 saturated heterocycles. The molecule has 2 aromatic rings. The van der Waals surface area contributed by atoms with Crippen LogP contribution in [0, 0.1) is 0 Å².